The largest absolute Gasteiger partial charge is 0.309 e. The van der Waals surface area contributed by atoms with Gasteiger partial charge in [-0.3, -0.25) is 0 Å². The van der Waals surface area contributed by atoms with Crippen molar-refractivity contribution in [1.29, 1.82) is 0 Å². The van der Waals surface area contributed by atoms with Crippen molar-refractivity contribution < 1.29 is 0 Å². The van der Waals surface area contributed by atoms with Crippen LogP contribution >= 0.6 is 11.3 Å². The lowest BCUT2D eigenvalue weighted by atomic mass is 10.3. The second-order valence-corrected chi connectivity index (χ2v) is 4.90. The van der Waals surface area contributed by atoms with E-state index in [0.717, 1.165) is 23.7 Å². The molecule has 0 aromatic carbocycles. The molecule has 0 spiro atoms. The minimum absolute atomic E-state index is 0.350. The molecule has 1 atom stereocenters. The molecule has 2 rings (SSSR count). The van der Waals surface area contributed by atoms with Crippen LogP contribution < -0.4 is 5.32 Å². The van der Waals surface area contributed by atoms with Crippen molar-refractivity contribution in [1.82, 2.24) is 20.3 Å². The third kappa shape index (κ3) is 3.08. The van der Waals surface area contributed by atoms with Crippen molar-refractivity contribution in [2.45, 2.75) is 26.3 Å². The SMILES string of the molecule is CCCNC(C)c1cnc(-c2ccncn2)s1. The van der Waals surface area contributed by atoms with Crippen molar-refractivity contribution in [3.05, 3.63) is 29.7 Å². The van der Waals surface area contributed by atoms with E-state index in [0.29, 0.717) is 6.04 Å². The Balaban J connectivity index is 2.11. The third-order valence-electron chi connectivity index (χ3n) is 2.45. The van der Waals surface area contributed by atoms with E-state index in [1.165, 1.54) is 4.88 Å². The summed E-state index contributed by atoms with van der Waals surface area (Å²) in [6.45, 7) is 5.35. The summed E-state index contributed by atoms with van der Waals surface area (Å²) in [6.07, 6.45) is 6.36. The summed E-state index contributed by atoms with van der Waals surface area (Å²) in [5, 5.41) is 4.40. The number of nitrogens with zero attached hydrogens (tertiary/aromatic N) is 3. The predicted octanol–water partition coefficient (Wildman–Crippen LogP) is 2.66. The standard InChI is InChI=1S/C12H16N4S/c1-3-5-14-9(2)11-7-15-12(17-11)10-4-6-13-8-16-10/h4,6-9,14H,3,5H2,1-2H3. The van der Waals surface area contributed by atoms with Crippen LogP contribution in [-0.2, 0) is 0 Å². The molecule has 0 aliphatic rings. The van der Waals surface area contributed by atoms with E-state index in [4.69, 9.17) is 0 Å². The molecule has 1 unspecified atom stereocenters. The molecule has 0 aliphatic carbocycles. The molecule has 2 heterocycles. The van der Waals surface area contributed by atoms with Crippen LogP contribution in [0.5, 0.6) is 0 Å². The monoisotopic (exact) mass is 248 g/mol. The Morgan fingerprint density at radius 2 is 2.29 bits per heavy atom. The molecule has 0 fully saturated rings. The van der Waals surface area contributed by atoms with Crippen LogP contribution in [0.25, 0.3) is 10.7 Å². The minimum Gasteiger partial charge on any atom is -0.309 e. The first-order valence-electron chi connectivity index (χ1n) is 5.76. The normalized spacial score (nSPS) is 12.6. The average molecular weight is 248 g/mol. The maximum absolute atomic E-state index is 4.40. The molecule has 0 bridgehead atoms. The fourth-order valence-electron chi connectivity index (χ4n) is 1.48. The highest BCUT2D eigenvalue weighted by Crippen LogP contribution is 2.26. The quantitative estimate of drug-likeness (QED) is 0.883. The van der Waals surface area contributed by atoms with Gasteiger partial charge in [-0.2, -0.15) is 0 Å². The number of nitrogens with one attached hydrogen (secondary N) is 1. The molecule has 2 aromatic rings. The zero-order valence-electron chi connectivity index (χ0n) is 10.1. The molecule has 0 radical (unpaired) electrons. The molecule has 0 saturated carbocycles. The predicted molar refractivity (Wildman–Crippen MR) is 69.8 cm³/mol. The van der Waals surface area contributed by atoms with Gasteiger partial charge in [-0.05, 0) is 26.0 Å². The Bertz CT molecular complexity index is 455. The van der Waals surface area contributed by atoms with Gasteiger partial charge < -0.3 is 5.32 Å². The van der Waals surface area contributed by atoms with Gasteiger partial charge in [0.15, 0.2) is 0 Å². The molecule has 5 heteroatoms. The number of rotatable bonds is 5. The first-order valence-corrected chi connectivity index (χ1v) is 6.58. The van der Waals surface area contributed by atoms with Crippen LogP contribution in [0.2, 0.25) is 0 Å². The van der Waals surface area contributed by atoms with Crippen LogP contribution in [0.3, 0.4) is 0 Å². The summed E-state index contributed by atoms with van der Waals surface area (Å²) in [5.74, 6) is 0. The molecule has 4 nitrogen and oxygen atoms in total. The van der Waals surface area contributed by atoms with Crippen molar-refractivity contribution >= 4 is 11.3 Å². The summed E-state index contributed by atoms with van der Waals surface area (Å²) in [6, 6.07) is 2.23. The van der Waals surface area contributed by atoms with Crippen LogP contribution in [0.15, 0.2) is 24.8 Å². The highest BCUT2D eigenvalue weighted by atomic mass is 32.1. The van der Waals surface area contributed by atoms with Crippen LogP contribution in [0.1, 0.15) is 31.2 Å². The van der Waals surface area contributed by atoms with Crippen molar-refractivity contribution in [3.63, 3.8) is 0 Å². The first-order chi connectivity index (χ1) is 8.31. The zero-order valence-corrected chi connectivity index (χ0v) is 10.9. The highest BCUT2D eigenvalue weighted by Gasteiger charge is 2.10. The molecule has 0 aliphatic heterocycles. The lowest BCUT2D eigenvalue weighted by molar-refractivity contribution is 0.577. The van der Waals surface area contributed by atoms with E-state index in [1.807, 2.05) is 12.3 Å². The maximum atomic E-state index is 4.40. The number of hydrogen-bond donors (Lipinski definition) is 1. The van der Waals surface area contributed by atoms with Crippen LogP contribution in [-0.4, -0.2) is 21.5 Å². The smallest absolute Gasteiger partial charge is 0.142 e. The van der Waals surface area contributed by atoms with Gasteiger partial charge in [0.05, 0.1) is 0 Å². The van der Waals surface area contributed by atoms with E-state index < -0.39 is 0 Å². The van der Waals surface area contributed by atoms with Crippen molar-refractivity contribution in [3.8, 4) is 10.7 Å². The van der Waals surface area contributed by atoms with Crippen molar-refractivity contribution in [2.24, 2.45) is 0 Å². The zero-order chi connectivity index (χ0) is 12.1. The summed E-state index contributed by atoms with van der Waals surface area (Å²) in [5.41, 5.74) is 0.888. The molecular formula is C12H16N4S. The first kappa shape index (κ1) is 12.1. The van der Waals surface area contributed by atoms with E-state index in [1.54, 1.807) is 23.9 Å². The number of thiazole rings is 1. The second-order valence-electron chi connectivity index (χ2n) is 3.84. The minimum atomic E-state index is 0.350. The topological polar surface area (TPSA) is 50.7 Å². The average Bonchev–Trinajstić information content (AvgIpc) is 2.86. The van der Waals surface area contributed by atoms with Crippen LogP contribution in [0.4, 0.5) is 0 Å². The Kier molecular flexibility index (Phi) is 4.17. The maximum Gasteiger partial charge on any atom is 0.142 e. The van der Waals surface area contributed by atoms with E-state index in [-0.39, 0.29) is 0 Å². The molecular weight excluding hydrogens is 232 g/mol. The van der Waals surface area contributed by atoms with Crippen molar-refractivity contribution in [2.75, 3.05) is 6.54 Å². The summed E-state index contributed by atoms with van der Waals surface area (Å²) < 4.78 is 0. The number of hydrogen-bond acceptors (Lipinski definition) is 5. The van der Waals surface area contributed by atoms with Gasteiger partial charge in [0.1, 0.15) is 17.0 Å². The van der Waals surface area contributed by atoms with Gasteiger partial charge in [0.2, 0.25) is 0 Å². The second kappa shape index (κ2) is 5.84. The summed E-state index contributed by atoms with van der Waals surface area (Å²) >= 11 is 1.68. The Labute approximate surface area is 105 Å². The van der Waals surface area contributed by atoms with Crippen LogP contribution in [0, 0.1) is 0 Å². The van der Waals surface area contributed by atoms with Gasteiger partial charge in [-0.25, -0.2) is 15.0 Å². The molecule has 2 aromatic heterocycles. The number of aromatic nitrogens is 3. The van der Waals surface area contributed by atoms with E-state index in [9.17, 15) is 0 Å². The van der Waals surface area contributed by atoms with E-state index in [2.05, 4.69) is 34.1 Å². The molecule has 17 heavy (non-hydrogen) atoms. The molecule has 90 valence electrons. The summed E-state index contributed by atoms with van der Waals surface area (Å²) in [7, 11) is 0. The third-order valence-corrected chi connectivity index (χ3v) is 3.65. The van der Waals surface area contributed by atoms with Gasteiger partial charge in [-0.15, -0.1) is 11.3 Å². The lowest BCUT2D eigenvalue weighted by Gasteiger charge is -2.09. The molecule has 1 N–H and O–H groups in total. The van der Waals surface area contributed by atoms with Gasteiger partial charge in [0, 0.05) is 23.3 Å². The summed E-state index contributed by atoms with van der Waals surface area (Å²) in [4.78, 5) is 13.8. The highest BCUT2D eigenvalue weighted by molar-refractivity contribution is 7.15. The van der Waals surface area contributed by atoms with Gasteiger partial charge in [-0.1, -0.05) is 6.92 Å². The lowest BCUT2D eigenvalue weighted by Crippen LogP contribution is -2.18. The van der Waals surface area contributed by atoms with Gasteiger partial charge >= 0.3 is 0 Å². The van der Waals surface area contributed by atoms with E-state index >= 15 is 0 Å². The fourth-order valence-corrected chi connectivity index (χ4v) is 2.40. The Hall–Kier alpha value is -1.33. The molecule has 0 amide bonds. The fraction of sp³-hybridized carbons (Fsp3) is 0.417. The Morgan fingerprint density at radius 3 is 3.00 bits per heavy atom. The van der Waals surface area contributed by atoms with Gasteiger partial charge in [0.25, 0.3) is 0 Å². The Morgan fingerprint density at radius 1 is 1.41 bits per heavy atom. The molecule has 0 saturated heterocycles.